The standard InChI is InChI=1S/C27H31F3N4O/c1-18-21(5-4-20-14-19(16-31)15-24(18)20)17-33-12-9-23(10-13-33)34-22(8-11-27(28,29)30)6-7-25(34)26(35)32(2)3/h4-7,15,23H,8-14,17H2,1-3H3. The Labute approximate surface area is 204 Å². The molecular formula is C27H31F3N4O. The summed E-state index contributed by atoms with van der Waals surface area (Å²) < 4.78 is 40.6. The third kappa shape index (κ3) is 5.46. The second-order valence-corrected chi connectivity index (χ2v) is 9.78. The quantitative estimate of drug-likeness (QED) is 0.560. The van der Waals surface area contributed by atoms with E-state index in [0.29, 0.717) is 17.8 Å². The maximum Gasteiger partial charge on any atom is 0.389 e. The highest BCUT2D eigenvalue weighted by molar-refractivity contribution is 5.92. The molecule has 0 radical (unpaired) electrons. The summed E-state index contributed by atoms with van der Waals surface area (Å²) in [6.07, 6.45) is -1.05. The summed E-state index contributed by atoms with van der Waals surface area (Å²) in [6, 6.07) is 9.84. The molecule has 2 aromatic rings. The molecule has 1 amide bonds. The normalized spacial score (nSPS) is 16.7. The lowest BCUT2D eigenvalue weighted by Crippen LogP contribution is -2.36. The van der Waals surface area contributed by atoms with Crippen LogP contribution in [-0.2, 0) is 19.4 Å². The number of aromatic nitrogens is 1. The number of hydrogen-bond acceptors (Lipinski definition) is 3. The number of nitrogens with zero attached hydrogens (tertiary/aromatic N) is 4. The van der Waals surface area contributed by atoms with Crippen molar-refractivity contribution in [2.75, 3.05) is 27.2 Å². The maximum absolute atomic E-state index is 12.9. The molecule has 1 aromatic heterocycles. The van der Waals surface area contributed by atoms with Crippen LogP contribution < -0.4 is 0 Å². The summed E-state index contributed by atoms with van der Waals surface area (Å²) in [5, 5.41) is 9.23. The number of allylic oxidation sites excluding steroid dienone is 1. The SMILES string of the molecule is Cc1c(CN2CCC(n3c(CCC(F)(F)F)ccc3C(=O)N(C)C)CC2)ccc2c1C=C(C#N)C2. The number of carbonyl (C=O) groups excluding carboxylic acids is 1. The molecule has 0 spiro atoms. The molecule has 0 saturated carbocycles. The zero-order chi connectivity index (χ0) is 25.3. The number of carbonyl (C=O) groups is 1. The maximum atomic E-state index is 12.9. The molecule has 0 atom stereocenters. The van der Waals surface area contributed by atoms with Gasteiger partial charge in [-0.1, -0.05) is 12.1 Å². The molecule has 1 aliphatic heterocycles. The lowest BCUT2D eigenvalue weighted by molar-refractivity contribution is -0.134. The molecule has 2 heterocycles. The minimum Gasteiger partial charge on any atom is -0.343 e. The van der Waals surface area contributed by atoms with Gasteiger partial charge >= 0.3 is 6.18 Å². The number of likely N-dealkylation sites (tertiary alicyclic amines) is 1. The van der Waals surface area contributed by atoms with Gasteiger partial charge in [-0.25, -0.2) is 0 Å². The molecule has 1 aromatic carbocycles. The van der Waals surface area contributed by atoms with Crippen LogP contribution in [0.3, 0.4) is 0 Å². The molecule has 186 valence electrons. The van der Waals surface area contributed by atoms with Crippen LogP contribution >= 0.6 is 0 Å². The highest BCUT2D eigenvalue weighted by Gasteiger charge is 2.31. The summed E-state index contributed by atoms with van der Waals surface area (Å²) >= 11 is 0. The van der Waals surface area contributed by atoms with Gasteiger partial charge in [-0.2, -0.15) is 18.4 Å². The molecule has 1 fully saturated rings. The van der Waals surface area contributed by atoms with Gasteiger partial charge in [-0.3, -0.25) is 9.69 Å². The van der Waals surface area contributed by atoms with Crippen LogP contribution in [0.5, 0.6) is 0 Å². The number of amides is 1. The Balaban J connectivity index is 1.48. The van der Waals surface area contributed by atoms with Crippen LogP contribution in [0.25, 0.3) is 6.08 Å². The molecule has 0 bridgehead atoms. The molecule has 4 rings (SSSR count). The Morgan fingerprint density at radius 1 is 1.17 bits per heavy atom. The fourth-order valence-electron chi connectivity index (χ4n) is 5.23. The Morgan fingerprint density at radius 3 is 2.51 bits per heavy atom. The average Bonchev–Trinajstić information content (AvgIpc) is 3.43. The average molecular weight is 485 g/mol. The van der Waals surface area contributed by atoms with E-state index in [0.717, 1.165) is 43.6 Å². The van der Waals surface area contributed by atoms with Gasteiger partial charge in [-0.15, -0.1) is 0 Å². The van der Waals surface area contributed by atoms with Crippen molar-refractivity contribution in [2.45, 2.75) is 57.8 Å². The van der Waals surface area contributed by atoms with E-state index in [9.17, 15) is 23.2 Å². The Morgan fingerprint density at radius 2 is 1.89 bits per heavy atom. The van der Waals surface area contributed by atoms with Crippen LogP contribution in [0.2, 0.25) is 0 Å². The number of piperidine rings is 1. The predicted molar refractivity (Wildman–Crippen MR) is 129 cm³/mol. The lowest BCUT2D eigenvalue weighted by atomic mass is 9.97. The smallest absolute Gasteiger partial charge is 0.343 e. The van der Waals surface area contributed by atoms with Crippen molar-refractivity contribution in [1.29, 1.82) is 5.26 Å². The van der Waals surface area contributed by atoms with Crippen molar-refractivity contribution in [3.8, 4) is 6.07 Å². The van der Waals surface area contributed by atoms with E-state index < -0.39 is 12.6 Å². The minimum absolute atomic E-state index is 0.00868. The Kier molecular flexibility index (Phi) is 7.09. The van der Waals surface area contributed by atoms with Crippen LogP contribution in [0.15, 0.2) is 29.8 Å². The first kappa shape index (κ1) is 25.1. The number of aryl methyl sites for hydroxylation is 1. The van der Waals surface area contributed by atoms with Gasteiger partial charge in [0.05, 0.1) is 6.07 Å². The molecule has 2 aliphatic rings. The highest BCUT2D eigenvalue weighted by atomic mass is 19.4. The van der Waals surface area contributed by atoms with Crippen LogP contribution in [0.4, 0.5) is 13.2 Å². The molecular weight excluding hydrogens is 453 g/mol. The third-order valence-electron chi connectivity index (χ3n) is 7.17. The monoisotopic (exact) mass is 484 g/mol. The van der Waals surface area contributed by atoms with E-state index in [1.807, 2.05) is 10.6 Å². The predicted octanol–water partition coefficient (Wildman–Crippen LogP) is 5.29. The molecule has 1 saturated heterocycles. The second-order valence-electron chi connectivity index (χ2n) is 9.78. The highest BCUT2D eigenvalue weighted by Crippen LogP contribution is 2.33. The van der Waals surface area contributed by atoms with Crippen molar-refractivity contribution in [3.05, 3.63) is 63.5 Å². The largest absolute Gasteiger partial charge is 0.389 e. The number of rotatable bonds is 6. The Hall–Kier alpha value is -3.05. The summed E-state index contributed by atoms with van der Waals surface area (Å²) in [5.41, 5.74) is 6.60. The van der Waals surface area contributed by atoms with Crippen molar-refractivity contribution < 1.29 is 18.0 Å². The molecule has 1 aliphatic carbocycles. The van der Waals surface area contributed by atoms with Gasteiger partial charge in [0, 0.05) is 63.9 Å². The molecule has 5 nitrogen and oxygen atoms in total. The topological polar surface area (TPSA) is 52.3 Å². The summed E-state index contributed by atoms with van der Waals surface area (Å²) in [4.78, 5) is 16.6. The first-order valence-electron chi connectivity index (χ1n) is 12.0. The zero-order valence-electron chi connectivity index (χ0n) is 20.5. The minimum atomic E-state index is -4.24. The van der Waals surface area contributed by atoms with Crippen LogP contribution in [-0.4, -0.2) is 53.6 Å². The van der Waals surface area contributed by atoms with E-state index in [1.165, 1.54) is 21.6 Å². The van der Waals surface area contributed by atoms with E-state index in [4.69, 9.17) is 0 Å². The number of hydrogen-bond donors (Lipinski definition) is 0. The van der Waals surface area contributed by atoms with Crippen molar-refractivity contribution >= 4 is 12.0 Å². The van der Waals surface area contributed by atoms with Crippen molar-refractivity contribution in [1.82, 2.24) is 14.4 Å². The van der Waals surface area contributed by atoms with Gasteiger partial charge in [0.15, 0.2) is 0 Å². The molecule has 35 heavy (non-hydrogen) atoms. The fraction of sp³-hybridized carbons (Fsp3) is 0.481. The van der Waals surface area contributed by atoms with E-state index in [1.54, 1.807) is 26.2 Å². The van der Waals surface area contributed by atoms with Crippen LogP contribution in [0, 0.1) is 18.3 Å². The first-order valence-corrected chi connectivity index (χ1v) is 12.0. The Bertz CT molecular complexity index is 1180. The van der Waals surface area contributed by atoms with Gasteiger partial charge < -0.3 is 9.47 Å². The molecule has 0 unspecified atom stereocenters. The van der Waals surface area contributed by atoms with Gasteiger partial charge in [-0.05, 0) is 66.6 Å². The van der Waals surface area contributed by atoms with E-state index in [-0.39, 0.29) is 18.4 Å². The summed E-state index contributed by atoms with van der Waals surface area (Å²) in [6.45, 7) is 4.49. The second kappa shape index (κ2) is 9.90. The number of benzene rings is 1. The molecule has 8 heteroatoms. The zero-order valence-corrected chi connectivity index (χ0v) is 20.5. The van der Waals surface area contributed by atoms with Crippen LogP contribution in [0.1, 0.15) is 63.7 Å². The molecule has 0 N–H and O–H groups in total. The summed E-state index contributed by atoms with van der Waals surface area (Å²) in [5.74, 6) is -0.191. The van der Waals surface area contributed by atoms with Gasteiger partial charge in [0.1, 0.15) is 5.69 Å². The lowest BCUT2D eigenvalue weighted by Gasteiger charge is -2.35. The number of nitriles is 1. The van der Waals surface area contributed by atoms with Gasteiger partial charge in [0.25, 0.3) is 5.91 Å². The van der Waals surface area contributed by atoms with Crippen molar-refractivity contribution in [3.63, 3.8) is 0 Å². The summed E-state index contributed by atoms with van der Waals surface area (Å²) in [7, 11) is 3.32. The van der Waals surface area contributed by atoms with E-state index in [2.05, 4.69) is 30.0 Å². The van der Waals surface area contributed by atoms with Gasteiger partial charge in [0.2, 0.25) is 0 Å². The first-order chi connectivity index (χ1) is 16.6. The number of fused-ring (bicyclic) bond motifs is 1. The number of alkyl halides is 3. The third-order valence-corrected chi connectivity index (χ3v) is 7.17. The van der Waals surface area contributed by atoms with Crippen molar-refractivity contribution in [2.24, 2.45) is 0 Å². The van der Waals surface area contributed by atoms with E-state index >= 15 is 0 Å². The number of halogens is 3. The fourth-order valence-corrected chi connectivity index (χ4v) is 5.23.